The molecule has 0 fully saturated rings. The highest BCUT2D eigenvalue weighted by Crippen LogP contribution is 2.28. The molecule has 2 heterocycles. The van der Waals surface area contributed by atoms with Crippen LogP contribution in [0.3, 0.4) is 0 Å². The molecule has 6 heteroatoms. The van der Waals surface area contributed by atoms with Gasteiger partial charge in [0.1, 0.15) is 0 Å². The second kappa shape index (κ2) is 6.62. The second-order valence-electron chi connectivity index (χ2n) is 4.67. The molecule has 0 aliphatic heterocycles. The van der Waals surface area contributed by atoms with Gasteiger partial charge in [-0.15, -0.1) is 11.3 Å². The van der Waals surface area contributed by atoms with E-state index in [9.17, 15) is 4.79 Å². The summed E-state index contributed by atoms with van der Waals surface area (Å²) in [5.41, 5.74) is 1.61. The Morgan fingerprint density at radius 3 is 2.86 bits per heavy atom. The van der Waals surface area contributed by atoms with E-state index >= 15 is 0 Å². The molecule has 1 amide bonds. The molecule has 0 atom stereocenters. The number of carbonyl (C=O) groups excluding carboxylic acids is 1. The first kappa shape index (κ1) is 15.2. The van der Waals surface area contributed by atoms with Gasteiger partial charge < -0.3 is 9.73 Å². The second-order valence-corrected chi connectivity index (χ2v) is 6.91. The Bertz CT molecular complexity index is 796. The quantitative estimate of drug-likeness (QED) is 0.638. The molecule has 0 saturated heterocycles. The van der Waals surface area contributed by atoms with E-state index in [2.05, 4.69) is 32.9 Å². The van der Waals surface area contributed by atoms with Crippen molar-refractivity contribution in [3.05, 3.63) is 62.4 Å². The van der Waals surface area contributed by atoms with Crippen LogP contribution in [0.5, 0.6) is 0 Å². The lowest BCUT2D eigenvalue weighted by Gasteiger charge is -2.05. The highest BCUT2D eigenvalue weighted by atomic mass is 127. The summed E-state index contributed by atoms with van der Waals surface area (Å²) in [6, 6.07) is 11.2. The van der Waals surface area contributed by atoms with E-state index in [0.29, 0.717) is 12.1 Å². The molecule has 0 unspecified atom stereocenters. The van der Waals surface area contributed by atoms with Gasteiger partial charge in [0.2, 0.25) is 0 Å². The fraction of sp³-hybridized carbons (Fsp3) is 0.125. The average Bonchev–Trinajstić information content (AvgIpc) is 3.15. The van der Waals surface area contributed by atoms with E-state index in [-0.39, 0.29) is 5.91 Å². The highest BCUT2D eigenvalue weighted by molar-refractivity contribution is 14.1. The Kier molecular flexibility index (Phi) is 4.58. The minimum atomic E-state index is -0.0719. The molecule has 3 aromatic rings. The molecule has 0 saturated carbocycles. The number of carbonyl (C=O) groups is 1. The van der Waals surface area contributed by atoms with Gasteiger partial charge in [-0.05, 0) is 53.8 Å². The minimum absolute atomic E-state index is 0.0719. The number of hydrogen-bond donors (Lipinski definition) is 1. The molecule has 0 radical (unpaired) electrons. The van der Waals surface area contributed by atoms with Gasteiger partial charge in [-0.1, -0.05) is 12.1 Å². The molecular formula is C16H13IN2O2S. The summed E-state index contributed by atoms with van der Waals surface area (Å²) >= 11 is 3.70. The van der Waals surface area contributed by atoms with Gasteiger partial charge in [-0.2, -0.15) is 0 Å². The fourth-order valence-electron chi connectivity index (χ4n) is 2.00. The predicted octanol–water partition coefficient (Wildman–Crippen LogP) is 4.25. The SMILES string of the molecule is Cc1nc(-c2ccco2)sc1CNC(=O)c1ccccc1I. The summed E-state index contributed by atoms with van der Waals surface area (Å²) in [4.78, 5) is 17.8. The van der Waals surface area contributed by atoms with Gasteiger partial charge in [0, 0.05) is 8.45 Å². The van der Waals surface area contributed by atoms with Crippen LogP contribution in [0.2, 0.25) is 0 Å². The van der Waals surface area contributed by atoms with Crippen molar-refractivity contribution in [2.45, 2.75) is 13.5 Å². The Balaban J connectivity index is 1.72. The predicted molar refractivity (Wildman–Crippen MR) is 94.9 cm³/mol. The monoisotopic (exact) mass is 424 g/mol. The number of furan rings is 1. The largest absolute Gasteiger partial charge is 0.462 e. The van der Waals surface area contributed by atoms with Crippen LogP contribution in [0.15, 0.2) is 47.1 Å². The van der Waals surface area contributed by atoms with E-state index in [4.69, 9.17) is 4.42 Å². The summed E-state index contributed by atoms with van der Waals surface area (Å²) in [6.07, 6.45) is 1.63. The van der Waals surface area contributed by atoms with E-state index in [0.717, 1.165) is 24.9 Å². The average molecular weight is 424 g/mol. The number of nitrogens with one attached hydrogen (secondary N) is 1. The fourth-order valence-corrected chi connectivity index (χ4v) is 3.60. The maximum Gasteiger partial charge on any atom is 0.252 e. The number of halogens is 1. The smallest absolute Gasteiger partial charge is 0.252 e. The molecule has 0 aliphatic carbocycles. The van der Waals surface area contributed by atoms with E-state index < -0.39 is 0 Å². The zero-order valence-corrected chi connectivity index (χ0v) is 14.8. The first-order valence-electron chi connectivity index (χ1n) is 6.68. The molecule has 1 N–H and O–H groups in total. The van der Waals surface area contributed by atoms with Crippen LogP contribution < -0.4 is 5.32 Å². The van der Waals surface area contributed by atoms with Crippen LogP contribution in [0.1, 0.15) is 20.9 Å². The first-order valence-corrected chi connectivity index (χ1v) is 8.57. The molecule has 112 valence electrons. The van der Waals surface area contributed by atoms with Crippen LogP contribution in [0.4, 0.5) is 0 Å². The Labute approximate surface area is 145 Å². The van der Waals surface area contributed by atoms with Crippen LogP contribution in [-0.2, 0) is 6.54 Å². The van der Waals surface area contributed by atoms with Gasteiger partial charge in [0.05, 0.1) is 24.1 Å². The topological polar surface area (TPSA) is 55.1 Å². The molecule has 4 nitrogen and oxygen atoms in total. The standard InChI is InChI=1S/C16H13IN2O2S/c1-10-14(22-16(19-10)13-7-4-8-21-13)9-18-15(20)11-5-2-3-6-12(11)17/h2-8H,9H2,1H3,(H,18,20). The van der Waals surface area contributed by atoms with Crippen molar-refractivity contribution in [3.63, 3.8) is 0 Å². The summed E-state index contributed by atoms with van der Waals surface area (Å²) < 4.78 is 6.30. The van der Waals surface area contributed by atoms with Gasteiger partial charge in [0.15, 0.2) is 10.8 Å². The molecule has 1 aromatic carbocycles. The summed E-state index contributed by atoms with van der Waals surface area (Å²) in [5, 5.41) is 3.79. The van der Waals surface area contributed by atoms with Crippen molar-refractivity contribution >= 4 is 39.8 Å². The zero-order valence-electron chi connectivity index (χ0n) is 11.8. The zero-order chi connectivity index (χ0) is 15.5. The molecule has 2 aromatic heterocycles. The molecule has 0 spiro atoms. The first-order chi connectivity index (χ1) is 10.6. The third kappa shape index (κ3) is 3.22. The lowest BCUT2D eigenvalue weighted by Crippen LogP contribution is -2.23. The molecular weight excluding hydrogens is 411 g/mol. The Morgan fingerprint density at radius 2 is 2.14 bits per heavy atom. The maximum absolute atomic E-state index is 12.2. The van der Waals surface area contributed by atoms with E-state index in [1.165, 1.54) is 11.3 Å². The van der Waals surface area contributed by atoms with Crippen LogP contribution in [0.25, 0.3) is 10.8 Å². The van der Waals surface area contributed by atoms with Crippen molar-refractivity contribution in [2.24, 2.45) is 0 Å². The molecule has 0 bridgehead atoms. The lowest BCUT2D eigenvalue weighted by molar-refractivity contribution is 0.0950. The number of nitrogens with zero attached hydrogens (tertiary/aromatic N) is 1. The lowest BCUT2D eigenvalue weighted by atomic mass is 10.2. The molecule has 0 aliphatic rings. The van der Waals surface area contributed by atoms with Gasteiger partial charge in [-0.25, -0.2) is 4.98 Å². The van der Waals surface area contributed by atoms with Crippen molar-refractivity contribution in [1.82, 2.24) is 10.3 Å². The number of hydrogen-bond acceptors (Lipinski definition) is 4. The summed E-state index contributed by atoms with van der Waals surface area (Å²) in [6.45, 7) is 2.41. The maximum atomic E-state index is 12.2. The number of benzene rings is 1. The minimum Gasteiger partial charge on any atom is -0.462 e. The number of aromatic nitrogens is 1. The Hall–Kier alpha value is -1.67. The van der Waals surface area contributed by atoms with Crippen molar-refractivity contribution in [2.75, 3.05) is 0 Å². The van der Waals surface area contributed by atoms with E-state index in [1.807, 2.05) is 43.3 Å². The van der Waals surface area contributed by atoms with E-state index in [1.54, 1.807) is 6.26 Å². The number of amides is 1. The third-order valence-corrected chi connectivity index (χ3v) is 5.27. The van der Waals surface area contributed by atoms with Crippen LogP contribution in [-0.4, -0.2) is 10.9 Å². The van der Waals surface area contributed by atoms with Crippen molar-refractivity contribution in [3.8, 4) is 10.8 Å². The Morgan fingerprint density at radius 1 is 1.32 bits per heavy atom. The highest BCUT2D eigenvalue weighted by Gasteiger charge is 2.13. The van der Waals surface area contributed by atoms with Crippen LogP contribution in [0, 0.1) is 10.5 Å². The van der Waals surface area contributed by atoms with Gasteiger partial charge in [0.25, 0.3) is 5.91 Å². The van der Waals surface area contributed by atoms with Gasteiger partial charge in [-0.3, -0.25) is 4.79 Å². The molecule has 22 heavy (non-hydrogen) atoms. The van der Waals surface area contributed by atoms with Crippen molar-refractivity contribution in [1.29, 1.82) is 0 Å². The van der Waals surface area contributed by atoms with Crippen LogP contribution >= 0.6 is 33.9 Å². The van der Waals surface area contributed by atoms with Gasteiger partial charge >= 0.3 is 0 Å². The number of thiazole rings is 1. The normalized spacial score (nSPS) is 10.6. The number of rotatable bonds is 4. The van der Waals surface area contributed by atoms with Crippen molar-refractivity contribution < 1.29 is 9.21 Å². The molecule has 3 rings (SSSR count). The summed E-state index contributed by atoms with van der Waals surface area (Å²) in [5.74, 6) is 0.681. The summed E-state index contributed by atoms with van der Waals surface area (Å²) in [7, 11) is 0. The third-order valence-electron chi connectivity index (χ3n) is 3.15. The number of aryl methyl sites for hydroxylation is 1.